The normalized spacial score (nSPS) is 15.3. The predicted molar refractivity (Wildman–Crippen MR) is 140 cm³/mol. The molecule has 0 atom stereocenters. The Balaban J connectivity index is 1.53. The van der Waals surface area contributed by atoms with Crippen molar-refractivity contribution in [2.24, 2.45) is 4.99 Å². The van der Waals surface area contributed by atoms with Gasteiger partial charge < -0.3 is 19.9 Å². The van der Waals surface area contributed by atoms with Gasteiger partial charge in [0, 0.05) is 0 Å². The summed E-state index contributed by atoms with van der Waals surface area (Å²) in [5.74, 6) is -0.149. The monoisotopic (exact) mass is 552 g/mol. The second-order valence-electron chi connectivity index (χ2n) is 7.37. The highest BCUT2D eigenvalue weighted by Crippen LogP contribution is 2.39. The highest BCUT2D eigenvalue weighted by Gasteiger charge is 2.24. The molecule has 3 aromatic carbocycles. The summed E-state index contributed by atoms with van der Waals surface area (Å²) in [6.07, 6.45) is 1.77. The van der Waals surface area contributed by atoms with E-state index in [1.54, 1.807) is 18.2 Å². The van der Waals surface area contributed by atoms with Crippen LogP contribution in [-0.4, -0.2) is 28.8 Å². The Morgan fingerprint density at radius 2 is 1.86 bits per heavy atom. The smallest absolute Gasteiger partial charge is 0.335 e. The molecule has 35 heavy (non-hydrogen) atoms. The maximum Gasteiger partial charge on any atom is 0.335 e. The first-order chi connectivity index (χ1) is 16.9. The lowest BCUT2D eigenvalue weighted by Gasteiger charge is -2.15. The Hall–Kier alpha value is -3.56. The van der Waals surface area contributed by atoms with Crippen LogP contribution < -0.4 is 14.8 Å². The lowest BCUT2D eigenvalue weighted by atomic mass is 10.1. The summed E-state index contributed by atoms with van der Waals surface area (Å²) >= 11 is 4.82. The summed E-state index contributed by atoms with van der Waals surface area (Å²) in [6.45, 7) is 2.54. The van der Waals surface area contributed by atoms with E-state index in [1.807, 2.05) is 49.4 Å². The van der Waals surface area contributed by atoms with Gasteiger partial charge in [-0.2, -0.15) is 0 Å². The number of aliphatic imine (C=N–C) groups is 1. The molecule has 0 bridgehead atoms. The molecule has 9 heteroatoms. The quantitative estimate of drug-likeness (QED) is 0.332. The summed E-state index contributed by atoms with van der Waals surface area (Å²) in [4.78, 5) is 28.5. The first kappa shape index (κ1) is 24.6. The first-order valence-corrected chi connectivity index (χ1v) is 12.3. The minimum absolute atomic E-state index is 0.216. The average molecular weight is 553 g/mol. The van der Waals surface area contributed by atoms with Gasteiger partial charge in [-0.05, 0) is 88.2 Å². The number of para-hydroxylation sites is 1. The van der Waals surface area contributed by atoms with Gasteiger partial charge in [-0.15, -0.1) is 0 Å². The van der Waals surface area contributed by atoms with Crippen LogP contribution in [0, 0.1) is 0 Å². The van der Waals surface area contributed by atoms with E-state index in [4.69, 9.17) is 14.6 Å². The van der Waals surface area contributed by atoms with Crippen LogP contribution in [0.25, 0.3) is 6.08 Å². The molecular formula is C26H21BrN2O5S. The van der Waals surface area contributed by atoms with Crippen LogP contribution >= 0.6 is 27.7 Å². The van der Waals surface area contributed by atoms with E-state index in [-0.39, 0.29) is 18.1 Å². The molecule has 1 aliphatic heterocycles. The van der Waals surface area contributed by atoms with Gasteiger partial charge in [0.05, 0.1) is 27.2 Å². The fraction of sp³-hybridized carbons (Fsp3) is 0.115. The molecule has 2 N–H and O–H groups in total. The number of benzene rings is 3. The lowest BCUT2D eigenvalue weighted by Crippen LogP contribution is -2.19. The van der Waals surface area contributed by atoms with Crippen molar-refractivity contribution in [1.82, 2.24) is 5.32 Å². The van der Waals surface area contributed by atoms with Gasteiger partial charge in [-0.25, -0.2) is 9.79 Å². The first-order valence-electron chi connectivity index (χ1n) is 10.7. The number of thioether (sulfide) groups is 1. The number of nitrogens with zero attached hydrogens (tertiary/aromatic N) is 1. The molecule has 0 aliphatic carbocycles. The number of carboxylic acids is 1. The molecule has 1 amide bonds. The lowest BCUT2D eigenvalue weighted by molar-refractivity contribution is -0.115. The number of carbonyl (C=O) groups excluding carboxylic acids is 1. The Morgan fingerprint density at radius 1 is 1.11 bits per heavy atom. The number of carboxylic acid groups (broad SMARTS) is 1. The highest BCUT2D eigenvalue weighted by molar-refractivity contribution is 9.10. The second kappa shape index (κ2) is 11.2. The van der Waals surface area contributed by atoms with Crippen LogP contribution in [0.15, 0.2) is 81.1 Å². The van der Waals surface area contributed by atoms with Gasteiger partial charge in [0.2, 0.25) is 0 Å². The standard InChI is InChI=1S/C26H21BrN2O5S/c1-2-33-21-13-17(14-22-24(30)29-26(35-22)28-19-6-4-3-5-7-19)12-20(27)23(21)34-15-16-8-10-18(11-9-16)25(31)32/h3-14H,2,15H2,1H3,(H,31,32)(H,28,29,30)/b22-14-. The molecule has 0 unspecified atom stereocenters. The van der Waals surface area contributed by atoms with E-state index in [0.29, 0.717) is 32.7 Å². The zero-order valence-electron chi connectivity index (χ0n) is 18.7. The van der Waals surface area contributed by atoms with Gasteiger partial charge in [-0.1, -0.05) is 30.3 Å². The van der Waals surface area contributed by atoms with Crippen molar-refractivity contribution in [3.8, 4) is 11.5 Å². The molecule has 0 saturated carbocycles. The fourth-order valence-corrected chi connectivity index (χ4v) is 4.64. The largest absolute Gasteiger partial charge is 0.490 e. The van der Waals surface area contributed by atoms with Crippen LogP contribution in [-0.2, 0) is 11.4 Å². The zero-order chi connectivity index (χ0) is 24.8. The van der Waals surface area contributed by atoms with Gasteiger partial charge in [-0.3, -0.25) is 4.79 Å². The van der Waals surface area contributed by atoms with E-state index in [9.17, 15) is 9.59 Å². The molecule has 1 saturated heterocycles. The van der Waals surface area contributed by atoms with E-state index in [0.717, 1.165) is 16.8 Å². The molecule has 178 valence electrons. The van der Waals surface area contributed by atoms with Gasteiger partial charge in [0.15, 0.2) is 16.7 Å². The number of nitrogens with one attached hydrogen (secondary N) is 1. The number of carbonyl (C=O) groups is 2. The third kappa shape index (κ3) is 6.32. The number of amides is 1. The average Bonchev–Trinajstić information content (AvgIpc) is 3.18. The van der Waals surface area contributed by atoms with Crippen LogP contribution in [0.3, 0.4) is 0 Å². The van der Waals surface area contributed by atoms with Crippen LogP contribution in [0.5, 0.6) is 11.5 Å². The second-order valence-corrected chi connectivity index (χ2v) is 9.26. The molecule has 4 rings (SSSR count). The molecule has 1 aliphatic rings. The van der Waals surface area contributed by atoms with Crippen LogP contribution in [0.4, 0.5) is 5.69 Å². The third-order valence-corrected chi connectivity index (χ3v) is 6.35. The summed E-state index contributed by atoms with van der Waals surface area (Å²) < 4.78 is 12.5. The van der Waals surface area contributed by atoms with Crippen molar-refractivity contribution in [2.75, 3.05) is 6.61 Å². The minimum atomic E-state index is -0.976. The number of rotatable bonds is 8. The number of ether oxygens (including phenoxy) is 2. The molecule has 0 spiro atoms. The molecule has 0 radical (unpaired) electrons. The van der Waals surface area contributed by atoms with Crippen molar-refractivity contribution < 1.29 is 24.2 Å². The van der Waals surface area contributed by atoms with Gasteiger partial charge in [0.1, 0.15) is 6.61 Å². The molecule has 1 fully saturated rings. The number of halogens is 1. The van der Waals surface area contributed by atoms with Crippen LogP contribution in [0.1, 0.15) is 28.4 Å². The summed E-state index contributed by atoms with van der Waals surface area (Å²) in [6, 6.07) is 19.6. The number of hydrogen-bond donors (Lipinski definition) is 2. The maximum atomic E-state index is 12.5. The molecule has 1 heterocycles. The Kier molecular flexibility index (Phi) is 7.89. The van der Waals surface area contributed by atoms with Crippen molar-refractivity contribution in [1.29, 1.82) is 0 Å². The minimum Gasteiger partial charge on any atom is -0.490 e. The Labute approximate surface area is 215 Å². The SMILES string of the molecule is CCOc1cc(/C=C2\SC(=Nc3ccccc3)NC2=O)cc(Br)c1OCc1ccc(C(=O)O)cc1. The summed E-state index contributed by atoms with van der Waals surface area (Å²) in [5.41, 5.74) is 2.56. The van der Waals surface area contributed by atoms with E-state index in [2.05, 4.69) is 26.2 Å². The molecule has 0 aromatic heterocycles. The summed E-state index contributed by atoms with van der Waals surface area (Å²) in [7, 11) is 0. The fourth-order valence-electron chi connectivity index (χ4n) is 3.23. The molecular weight excluding hydrogens is 532 g/mol. The number of hydrogen-bond acceptors (Lipinski definition) is 6. The number of amidine groups is 1. The molecule has 3 aromatic rings. The maximum absolute atomic E-state index is 12.5. The number of aromatic carboxylic acids is 1. The third-order valence-electron chi connectivity index (χ3n) is 4.85. The van der Waals surface area contributed by atoms with Gasteiger partial charge in [0.25, 0.3) is 5.91 Å². The van der Waals surface area contributed by atoms with Crippen molar-refractivity contribution in [3.63, 3.8) is 0 Å². The van der Waals surface area contributed by atoms with Gasteiger partial charge >= 0.3 is 5.97 Å². The van der Waals surface area contributed by atoms with Crippen molar-refractivity contribution >= 4 is 56.5 Å². The van der Waals surface area contributed by atoms with E-state index in [1.165, 1.54) is 23.9 Å². The Morgan fingerprint density at radius 3 is 2.54 bits per heavy atom. The summed E-state index contributed by atoms with van der Waals surface area (Å²) in [5, 5.41) is 12.4. The highest BCUT2D eigenvalue weighted by atomic mass is 79.9. The van der Waals surface area contributed by atoms with Crippen LogP contribution in [0.2, 0.25) is 0 Å². The van der Waals surface area contributed by atoms with Crippen molar-refractivity contribution in [3.05, 3.63) is 92.8 Å². The Bertz CT molecular complexity index is 1310. The topological polar surface area (TPSA) is 97.2 Å². The van der Waals surface area contributed by atoms with E-state index < -0.39 is 5.97 Å². The van der Waals surface area contributed by atoms with Crippen molar-refractivity contribution in [2.45, 2.75) is 13.5 Å². The van der Waals surface area contributed by atoms with E-state index >= 15 is 0 Å². The zero-order valence-corrected chi connectivity index (χ0v) is 21.1. The molecule has 7 nitrogen and oxygen atoms in total. The predicted octanol–water partition coefficient (Wildman–Crippen LogP) is 6.02.